The van der Waals surface area contributed by atoms with Gasteiger partial charge >= 0.3 is 0 Å². The van der Waals surface area contributed by atoms with Crippen LogP contribution in [0.25, 0.3) is 5.76 Å². The Morgan fingerprint density at radius 1 is 1.05 bits per heavy atom. The highest BCUT2D eigenvalue weighted by Gasteiger charge is 2.46. The maximum absolute atomic E-state index is 13.3. The van der Waals surface area contributed by atoms with Gasteiger partial charge in [0.05, 0.1) is 18.2 Å². The second-order valence-corrected chi connectivity index (χ2v) is 9.64. The summed E-state index contributed by atoms with van der Waals surface area (Å²) in [5.41, 5.74) is 1.18. The summed E-state index contributed by atoms with van der Waals surface area (Å²) in [5, 5.41) is 11.4. The van der Waals surface area contributed by atoms with E-state index in [2.05, 4.69) is 6.92 Å². The second kappa shape index (κ2) is 12.1. The first-order chi connectivity index (χ1) is 17.9. The van der Waals surface area contributed by atoms with Crippen molar-refractivity contribution in [3.8, 4) is 17.2 Å². The Bertz CT molecular complexity index is 1160. The molecule has 1 saturated heterocycles. The Labute approximate surface area is 218 Å². The van der Waals surface area contributed by atoms with Gasteiger partial charge in [-0.15, -0.1) is 0 Å². The minimum atomic E-state index is -0.727. The molecule has 1 atom stereocenters. The summed E-state index contributed by atoms with van der Waals surface area (Å²) < 4.78 is 17.2. The van der Waals surface area contributed by atoms with Crippen LogP contribution in [-0.2, 0) is 9.59 Å². The molecule has 4 rings (SSSR count). The Morgan fingerprint density at radius 2 is 1.84 bits per heavy atom. The summed E-state index contributed by atoms with van der Waals surface area (Å²) in [7, 11) is 3.93. The molecule has 8 nitrogen and oxygen atoms in total. The molecule has 0 aromatic heterocycles. The van der Waals surface area contributed by atoms with E-state index in [1.54, 1.807) is 23.1 Å². The number of likely N-dealkylation sites (tertiary alicyclic amines) is 1. The molecule has 1 fully saturated rings. The number of aliphatic hydroxyl groups is 1. The van der Waals surface area contributed by atoms with Crippen LogP contribution in [0.5, 0.6) is 17.2 Å². The van der Waals surface area contributed by atoms with Gasteiger partial charge in [0.2, 0.25) is 0 Å². The van der Waals surface area contributed by atoms with E-state index >= 15 is 0 Å². The third kappa shape index (κ3) is 6.07. The van der Waals surface area contributed by atoms with E-state index in [0.29, 0.717) is 55.6 Å². The lowest BCUT2D eigenvalue weighted by molar-refractivity contribution is -0.139. The van der Waals surface area contributed by atoms with E-state index in [9.17, 15) is 14.7 Å². The fraction of sp³-hybridized carbons (Fsp3) is 0.448. The van der Waals surface area contributed by atoms with Gasteiger partial charge in [-0.1, -0.05) is 31.9 Å². The third-order valence-corrected chi connectivity index (χ3v) is 6.55. The van der Waals surface area contributed by atoms with Gasteiger partial charge in [0.1, 0.15) is 24.7 Å². The van der Waals surface area contributed by atoms with Crippen LogP contribution in [0.3, 0.4) is 0 Å². The van der Waals surface area contributed by atoms with Gasteiger partial charge in [-0.25, -0.2) is 0 Å². The van der Waals surface area contributed by atoms with E-state index in [-0.39, 0.29) is 11.3 Å². The molecule has 0 radical (unpaired) electrons. The first-order valence-corrected chi connectivity index (χ1v) is 13.0. The summed E-state index contributed by atoms with van der Waals surface area (Å²) in [6, 6.07) is 11.7. The molecule has 198 valence electrons. The van der Waals surface area contributed by atoms with Crippen molar-refractivity contribution >= 4 is 17.4 Å². The Morgan fingerprint density at radius 3 is 2.59 bits per heavy atom. The van der Waals surface area contributed by atoms with E-state index in [1.807, 2.05) is 43.3 Å². The molecule has 0 bridgehead atoms. The first kappa shape index (κ1) is 26.5. The molecule has 0 unspecified atom stereocenters. The maximum Gasteiger partial charge on any atom is 0.295 e. The van der Waals surface area contributed by atoms with Crippen molar-refractivity contribution < 1.29 is 28.9 Å². The number of aliphatic hydroxyl groups excluding tert-OH is 1. The number of benzene rings is 2. The number of carbonyl (C=O) groups is 2. The zero-order valence-electron chi connectivity index (χ0n) is 21.9. The van der Waals surface area contributed by atoms with Gasteiger partial charge in [0.25, 0.3) is 11.7 Å². The summed E-state index contributed by atoms with van der Waals surface area (Å²) in [6.07, 6.45) is 3.83. The predicted molar refractivity (Wildman–Crippen MR) is 141 cm³/mol. The standard InChI is InChI=1S/C29H36N2O6/c1-4-5-6-15-35-22-10-7-9-20(18-22)26-25(28(33)29(34)31(26)14-8-13-30(2)3)27(32)21-11-12-23-24(19-21)37-17-16-36-23/h7,9-12,18-19,26,32H,4-6,8,13-17H2,1-3H3/b27-25+/t26-/m0/s1. The number of nitrogens with zero attached hydrogens (tertiary/aromatic N) is 2. The van der Waals surface area contributed by atoms with Gasteiger partial charge in [0.15, 0.2) is 11.5 Å². The van der Waals surface area contributed by atoms with Crippen molar-refractivity contribution in [3.05, 3.63) is 59.2 Å². The number of ketones is 1. The second-order valence-electron chi connectivity index (χ2n) is 9.64. The third-order valence-electron chi connectivity index (χ3n) is 6.55. The molecular formula is C29H36N2O6. The van der Waals surface area contributed by atoms with Gasteiger partial charge in [0, 0.05) is 12.1 Å². The smallest absolute Gasteiger partial charge is 0.295 e. The van der Waals surface area contributed by atoms with Gasteiger partial charge in [-0.2, -0.15) is 0 Å². The summed E-state index contributed by atoms with van der Waals surface area (Å²) in [4.78, 5) is 30.1. The van der Waals surface area contributed by atoms with E-state index in [0.717, 1.165) is 31.4 Å². The molecule has 2 heterocycles. The van der Waals surface area contributed by atoms with Crippen LogP contribution in [0.2, 0.25) is 0 Å². The fourth-order valence-electron chi connectivity index (χ4n) is 4.68. The van der Waals surface area contributed by atoms with Crippen LogP contribution in [0.4, 0.5) is 0 Å². The highest BCUT2D eigenvalue weighted by Crippen LogP contribution is 2.41. The average molecular weight is 509 g/mol. The minimum absolute atomic E-state index is 0.0645. The average Bonchev–Trinajstić information content (AvgIpc) is 3.15. The predicted octanol–water partition coefficient (Wildman–Crippen LogP) is 4.40. The summed E-state index contributed by atoms with van der Waals surface area (Å²) >= 11 is 0. The number of carbonyl (C=O) groups excluding carboxylic acids is 2. The van der Waals surface area contributed by atoms with Crippen molar-refractivity contribution in [2.75, 3.05) is 47.0 Å². The quantitative estimate of drug-likeness (QED) is 0.208. The van der Waals surface area contributed by atoms with E-state index in [4.69, 9.17) is 14.2 Å². The van der Waals surface area contributed by atoms with Gasteiger partial charge in [-0.05, 0) is 69.4 Å². The molecule has 0 saturated carbocycles. The lowest BCUT2D eigenvalue weighted by Gasteiger charge is -2.26. The largest absolute Gasteiger partial charge is 0.507 e. The molecule has 2 aliphatic rings. The van der Waals surface area contributed by atoms with Crippen molar-refractivity contribution in [2.45, 2.75) is 38.6 Å². The van der Waals surface area contributed by atoms with Crippen LogP contribution < -0.4 is 14.2 Å². The number of amides is 1. The van der Waals surface area contributed by atoms with Crippen molar-refractivity contribution in [1.29, 1.82) is 0 Å². The molecule has 2 aromatic carbocycles. The molecule has 8 heteroatoms. The molecule has 0 spiro atoms. The zero-order chi connectivity index (χ0) is 26.4. The Balaban J connectivity index is 1.72. The van der Waals surface area contributed by atoms with Crippen LogP contribution >= 0.6 is 0 Å². The number of ether oxygens (including phenoxy) is 3. The lowest BCUT2D eigenvalue weighted by Crippen LogP contribution is -2.32. The highest BCUT2D eigenvalue weighted by molar-refractivity contribution is 6.46. The SMILES string of the molecule is CCCCCOc1cccc([C@H]2/C(=C(\O)c3ccc4c(c3)OCCO4)C(=O)C(=O)N2CCCN(C)C)c1. The molecular weight excluding hydrogens is 472 g/mol. The Kier molecular flexibility index (Phi) is 8.71. The topological polar surface area (TPSA) is 88.5 Å². The zero-order valence-corrected chi connectivity index (χ0v) is 21.9. The number of unbranched alkanes of at least 4 members (excludes halogenated alkanes) is 2. The van der Waals surface area contributed by atoms with Crippen molar-refractivity contribution in [3.63, 3.8) is 0 Å². The monoisotopic (exact) mass is 508 g/mol. The van der Waals surface area contributed by atoms with Crippen LogP contribution in [0.1, 0.15) is 49.8 Å². The van der Waals surface area contributed by atoms with Crippen LogP contribution in [0.15, 0.2) is 48.0 Å². The van der Waals surface area contributed by atoms with Gasteiger partial charge < -0.3 is 29.1 Å². The highest BCUT2D eigenvalue weighted by atomic mass is 16.6. The lowest BCUT2D eigenvalue weighted by atomic mass is 9.95. The summed E-state index contributed by atoms with van der Waals surface area (Å²) in [6.45, 7) is 4.73. The van der Waals surface area contributed by atoms with Crippen LogP contribution in [0, 0.1) is 0 Å². The maximum atomic E-state index is 13.3. The first-order valence-electron chi connectivity index (χ1n) is 13.0. The van der Waals surface area contributed by atoms with Crippen molar-refractivity contribution in [2.24, 2.45) is 0 Å². The van der Waals surface area contributed by atoms with E-state index < -0.39 is 17.7 Å². The molecule has 1 amide bonds. The number of Topliss-reactive ketones (excluding diaryl/α,β-unsaturated/α-hetero) is 1. The Hall–Kier alpha value is -3.52. The molecule has 1 N–H and O–H groups in total. The van der Waals surface area contributed by atoms with Crippen molar-refractivity contribution in [1.82, 2.24) is 9.80 Å². The number of hydrogen-bond donors (Lipinski definition) is 1. The van der Waals surface area contributed by atoms with Gasteiger partial charge in [-0.3, -0.25) is 9.59 Å². The number of hydrogen-bond acceptors (Lipinski definition) is 7. The molecule has 2 aliphatic heterocycles. The minimum Gasteiger partial charge on any atom is -0.507 e. The normalized spacial score (nSPS) is 18.5. The molecule has 37 heavy (non-hydrogen) atoms. The van der Waals surface area contributed by atoms with E-state index in [1.165, 1.54) is 0 Å². The summed E-state index contributed by atoms with van der Waals surface area (Å²) in [5.74, 6) is 0.205. The fourth-order valence-corrected chi connectivity index (χ4v) is 4.68. The number of rotatable bonds is 11. The molecule has 0 aliphatic carbocycles. The number of fused-ring (bicyclic) bond motifs is 1. The van der Waals surface area contributed by atoms with Crippen LogP contribution in [-0.4, -0.2) is 73.6 Å². The molecule has 2 aromatic rings.